The van der Waals surface area contributed by atoms with E-state index in [1.807, 2.05) is 6.07 Å². The third-order valence-corrected chi connectivity index (χ3v) is 5.73. The van der Waals surface area contributed by atoms with E-state index in [0.717, 1.165) is 38.0 Å². The van der Waals surface area contributed by atoms with Gasteiger partial charge in [-0.15, -0.1) is 0 Å². The standard InChI is InChI=1S/C18H31NO2Si/c1-21-18-7-5-6-15(12-18)13-19(14-22(2,3)4)16-8-10-17(20)11-9-16/h5-7,12,16-17,20H,8-11,13-14H2,1-4H3. The van der Waals surface area contributed by atoms with Crippen LogP contribution in [0.4, 0.5) is 0 Å². The van der Waals surface area contributed by atoms with E-state index in [-0.39, 0.29) is 6.10 Å². The van der Waals surface area contributed by atoms with E-state index in [4.69, 9.17) is 4.74 Å². The van der Waals surface area contributed by atoms with E-state index in [2.05, 4.69) is 42.7 Å². The second kappa shape index (κ2) is 7.62. The summed E-state index contributed by atoms with van der Waals surface area (Å²) in [5.41, 5.74) is 1.32. The van der Waals surface area contributed by atoms with Crippen molar-refractivity contribution < 1.29 is 9.84 Å². The molecule has 4 heteroatoms. The molecule has 0 unspecified atom stereocenters. The first kappa shape index (κ1) is 17.5. The van der Waals surface area contributed by atoms with Crippen molar-refractivity contribution in [3.8, 4) is 5.75 Å². The molecule has 1 N–H and O–H groups in total. The first-order valence-electron chi connectivity index (χ1n) is 8.42. The van der Waals surface area contributed by atoms with Gasteiger partial charge < -0.3 is 9.84 Å². The molecule has 3 nitrogen and oxygen atoms in total. The van der Waals surface area contributed by atoms with Crippen LogP contribution in [0, 0.1) is 0 Å². The fourth-order valence-corrected chi connectivity index (χ4v) is 4.94. The zero-order valence-electron chi connectivity index (χ0n) is 14.5. The minimum Gasteiger partial charge on any atom is -0.497 e. The van der Waals surface area contributed by atoms with Crippen LogP contribution in [0.3, 0.4) is 0 Å². The number of methoxy groups -OCH3 is 1. The number of nitrogens with zero attached hydrogens (tertiary/aromatic N) is 1. The van der Waals surface area contributed by atoms with Gasteiger partial charge in [-0.2, -0.15) is 0 Å². The Morgan fingerprint density at radius 3 is 2.45 bits per heavy atom. The minimum atomic E-state index is -1.16. The van der Waals surface area contributed by atoms with E-state index < -0.39 is 8.07 Å². The molecule has 22 heavy (non-hydrogen) atoms. The SMILES string of the molecule is COc1cccc(CN(C[Si](C)(C)C)C2CCC(O)CC2)c1. The Morgan fingerprint density at radius 1 is 1.18 bits per heavy atom. The second-order valence-corrected chi connectivity index (χ2v) is 13.2. The highest BCUT2D eigenvalue weighted by Crippen LogP contribution is 2.26. The van der Waals surface area contributed by atoms with Gasteiger partial charge in [0, 0.05) is 12.6 Å². The van der Waals surface area contributed by atoms with Crippen molar-refractivity contribution in [2.24, 2.45) is 0 Å². The Bertz CT molecular complexity index is 464. The van der Waals surface area contributed by atoms with E-state index in [1.165, 1.54) is 11.7 Å². The van der Waals surface area contributed by atoms with Gasteiger partial charge in [0.1, 0.15) is 5.75 Å². The maximum atomic E-state index is 9.77. The van der Waals surface area contributed by atoms with Gasteiger partial charge in [0.25, 0.3) is 0 Å². The van der Waals surface area contributed by atoms with Crippen LogP contribution in [0.5, 0.6) is 5.75 Å². The summed E-state index contributed by atoms with van der Waals surface area (Å²) in [5, 5.41) is 9.77. The third-order valence-electron chi connectivity index (χ3n) is 4.38. The molecular formula is C18H31NO2Si. The first-order chi connectivity index (χ1) is 10.4. The van der Waals surface area contributed by atoms with E-state index in [0.29, 0.717) is 6.04 Å². The number of hydrogen-bond acceptors (Lipinski definition) is 3. The molecule has 0 bridgehead atoms. The summed E-state index contributed by atoms with van der Waals surface area (Å²) in [7, 11) is 0.559. The molecule has 1 aromatic carbocycles. The van der Waals surface area contributed by atoms with Crippen molar-refractivity contribution in [3.63, 3.8) is 0 Å². The van der Waals surface area contributed by atoms with Crippen LogP contribution in [-0.2, 0) is 6.54 Å². The van der Waals surface area contributed by atoms with Gasteiger partial charge in [-0.25, -0.2) is 0 Å². The Balaban J connectivity index is 2.09. The first-order valence-corrected chi connectivity index (χ1v) is 12.1. The summed E-state index contributed by atoms with van der Waals surface area (Å²) < 4.78 is 5.35. The second-order valence-electron chi connectivity index (χ2n) is 7.78. The highest BCUT2D eigenvalue weighted by atomic mass is 28.3. The lowest BCUT2D eigenvalue weighted by Crippen LogP contribution is -2.46. The highest BCUT2D eigenvalue weighted by Gasteiger charge is 2.28. The van der Waals surface area contributed by atoms with Crippen LogP contribution in [-0.4, -0.2) is 43.5 Å². The normalized spacial score (nSPS) is 22.8. The highest BCUT2D eigenvalue weighted by molar-refractivity contribution is 6.76. The molecule has 0 aromatic heterocycles. The zero-order valence-corrected chi connectivity index (χ0v) is 15.5. The van der Waals surface area contributed by atoms with Crippen molar-refractivity contribution in [1.82, 2.24) is 4.90 Å². The van der Waals surface area contributed by atoms with Gasteiger partial charge in [0.2, 0.25) is 0 Å². The maximum absolute atomic E-state index is 9.77. The van der Waals surface area contributed by atoms with Crippen LogP contribution >= 0.6 is 0 Å². The Kier molecular flexibility index (Phi) is 6.06. The number of aliphatic hydroxyl groups is 1. The predicted molar refractivity (Wildman–Crippen MR) is 95.0 cm³/mol. The lowest BCUT2D eigenvalue weighted by atomic mass is 9.92. The van der Waals surface area contributed by atoms with Crippen LogP contribution in [0.1, 0.15) is 31.2 Å². The van der Waals surface area contributed by atoms with Gasteiger partial charge in [0.05, 0.1) is 21.3 Å². The molecule has 1 saturated carbocycles. The molecule has 0 amide bonds. The Morgan fingerprint density at radius 2 is 1.86 bits per heavy atom. The predicted octanol–water partition coefficient (Wildman–Crippen LogP) is 3.68. The van der Waals surface area contributed by atoms with Gasteiger partial charge in [-0.05, 0) is 49.5 Å². The molecule has 2 rings (SSSR count). The van der Waals surface area contributed by atoms with Crippen molar-refractivity contribution in [2.75, 3.05) is 13.3 Å². The maximum Gasteiger partial charge on any atom is 0.119 e. The average Bonchev–Trinajstić information content (AvgIpc) is 2.46. The summed E-state index contributed by atoms with van der Waals surface area (Å²) in [5.74, 6) is 0.935. The number of benzene rings is 1. The fraction of sp³-hybridized carbons (Fsp3) is 0.667. The Hall–Kier alpha value is -0.843. The topological polar surface area (TPSA) is 32.7 Å². The van der Waals surface area contributed by atoms with Crippen molar-refractivity contribution in [3.05, 3.63) is 29.8 Å². The van der Waals surface area contributed by atoms with Crippen LogP contribution in [0.25, 0.3) is 0 Å². The number of ether oxygens (including phenoxy) is 1. The fourth-order valence-electron chi connectivity index (χ4n) is 3.35. The summed E-state index contributed by atoms with van der Waals surface area (Å²) in [6.07, 6.45) is 5.27. The zero-order chi connectivity index (χ0) is 16.2. The van der Waals surface area contributed by atoms with Gasteiger partial charge >= 0.3 is 0 Å². The molecule has 0 radical (unpaired) electrons. The molecular weight excluding hydrogens is 290 g/mol. The average molecular weight is 322 g/mol. The van der Waals surface area contributed by atoms with Crippen molar-refractivity contribution in [1.29, 1.82) is 0 Å². The molecule has 124 valence electrons. The number of aliphatic hydroxyl groups excluding tert-OH is 1. The molecule has 0 atom stereocenters. The number of rotatable bonds is 6. The smallest absolute Gasteiger partial charge is 0.119 e. The summed E-state index contributed by atoms with van der Waals surface area (Å²) >= 11 is 0. The van der Waals surface area contributed by atoms with Crippen LogP contribution in [0.2, 0.25) is 19.6 Å². The van der Waals surface area contributed by atoms with E-state index in [9.17, 15) is 5.11 Å². The minimum absolute atomic E-state index is 0.0817. The van der Waals surface area contributed by atoms with Crippen molar-refractivity contribution >= 4 is 8.07 Å². The largest absolute Gasteiger partial charge is 0.497 e. The molecule has 0 spiro atoms. The molecule has 1 aliphatic carbocycles. The van der Waals surface area contributed by atoms with Gasteiger partial charge in [-0.3, -0.25) is 4.90 Å². The monoisotopic (exact) mass is 321 g/mol. The molecule has 0 aliphatic heterocycles. The molecule has 0 saturated heterocycles. The summed E-state index contributed by atoms with van der Waals surface area (Å²) in [6, 6.07) is 9.03. The Labute approximate surface area is 136 Å². The molecule has 1 aliphatic rings. The van der Waals surface area contributed by atoms with Crippen LogP contribution in [0.15, 0.2) is 24.3 Å². The summed E-state index contributed by atoms with van der Waals surface area (Å²) in [4.78, 5) is 2.66. The summed E-state index contributed by atoms with van der Waals surface area (Å²) in [6.45, 7) is 8.29. The molecule has 1 fully saturated rings. The van der Waals surface area contributed by atoms with Crippen molar-refractivity contribution in [2.45, 2.75) is 64.0 Å². The van der Waals surface area contributed by atoms with Crippen LogP contribution < -0.4 is 4.74 Å². The number of hydrogen-bond donors (Lipinski definition) is 1. The molecule has 1 aromatic rings. The molecule has 0 heterocycles. The van der Waals surface area contributed by atoms with Gasteiger partial charge in [0.15, 0.2) is 0 Å². The lowest BCUT2D eigenvalue weighted by molar-refractivity contribution is 0.0776. The lowest BCUT2D eigenvalue weighted by Gasteiger charge is -2.39. The third kappa shape index (κ3) is 5.41. The van der Waals surface area contributed by atoms with E-state index >= 15 is 0 Å². The van der Waals surface area contributed by atoms with Gasteiger partial charge in [-0.1, -0.05) is 31.8 Å². The quantitative estimate of drug-likeness (QED) is 0.811. The van der Waals surface area contributed by atoms with E-state index in [1.54, 1.807) is 7.11 Å².